The van der Waals surface area contributed by atoms with E-state index in [1.54, 1.807) is 7.11 Å². The van der Waals surface area contributed by atoms with Crippen molar-refractivity contribution >= 4 is 16.9 Å². The number of nitrogens with one attached hydrogen (secondary N) is 2. The summed E-state index contributed by atoms with van der Waals surface area (Å²) >= 11 is 0. The van der Waals surface area contributed by atoms with Crippen LogP contribution in [0.2, 0.25) is 0 Å². The van der Waals surface area contributed by atoms with Gasteiger partial charge in [0, 0.05) is 35.8 Å². The largest absolute Gasteiger partial charge is 0.497 e. The number of fused-ring (bicyclic) bond motifs is 3. The molecule has 5 nitrogen and oxygen atoms in total. The number of benzene rings is 1. The van der Waals surface area contributed by atoms with Gasteiger partial charge in [0.15, 0.2) is 0 Å². The van der Waals surface area contributed by atoms with Gasteiger partial charge in [0.1, 0.15) is 5.75 Å². The molecule has 1 unspecified atom stereocenters. The number of rotatable bonds is 2. The molecule has 0 radical (unpaired) electrons. The van der Waals surface area contributed by atoms with Gasteiger partial charge >= 0.3 is 5.97 Å². The van der Waals surface area contributed by atoms with Gasteiger partial charge in [0.25, 0.3) is 0 Å². The number of aromatic amines is 1. The minimum absolute atomic E-state index is 0.474. The monoisotopic (exact) mass is 246 g/mol. The predicted molar refractivity (Wildman–Crippen MR) is 66.9 cm³/mol. The molecule has 0 aliphatic carbocycles. The number of aliphatic carboxylic acids is 1. The molecule has 0 saturated heterocycles. The molecule has 1 aliphatic rings. The molecule has 3 rings (SSSR count). The van der Waals surface area contributed by atoms with Crippen LogP contribution in [0.25, 0.3) is 10.9 Å². The van der Waals surface area contributed by atoms with E-state index < -0.39 is 11.9 Å². The molecule has 0 amide bonds. The molecule has 94 valence electrons. The van der Waals surface area contributed by atoms with Gasteiger partial charge in [-0.25, -0.2) is 0 Å². The van der Waals surface area contributed by atoms with Gasteiger partial charge in [-0.1, -0.05) is 0 Å². The summed E-state index contributed by atoms with van der Waals surface area (Å²) in [6, 6.07) is 5.68. The van der Waals surface area contributed by atoms with Crippen molar-refractivity contribution in [2.75, 3.05) is 13.7 Å². The third-order valence-corrected chi connectivity index (χ3v) is 3.42. The molecule has 2 aromatic rings. The number of hydrogen-bond acceptors (Lipinski definition) is 3. The first-order chi connectivity index (χ1) is 8.70. The van der Waals surface area contributed by atoms with E-state index in [2.05, 4.69) is 10.3 Å². The normalized spacial score (nSPS) is 18.6. The fourth-order valence-corrected chi connectivity index (χ4v) is 2.57. The Labute approximate surface area is 104 Å². The molecule has 5 heteroatoms. The number of carbonyl (C=O) groups is 1. The zero-order valence-electron chi connectivity index (χ0n) is 9.99. The van der Waals surface area contributed by atoms with Crippen LogP contribution in [0.4, 0.5) is 0 Å². The molecule has 1 atom stereocenters. The van der Waals surface area contributed by atoms with Gasteiger partial charge in [0.05, 0.1) is 13.0 Å². The highest BCUT2D eigenvalue weighted by molar-refractivity contribution is 5.92. The Hall–Kier alpha value is -2.01. The third-order valence-electron chi connectivity index (χ3n) is 3.42. The molecule has 1 aromatic heterocycles. The molecule has 0 saturated carbocycles. The number of hydrogen-bond donors (Lipinski definition) is 3. The third kappa shape index (κ3) is 1.55. The highest BCUT2D eigenvalue weighted by Gasteiger charge is 2.29. The number of ether oxygens (including phenoxy) is 1. The molecule has 0 bridgehead atoms. The van der Waals surface area contributed by atoms with Crippen LogP contribution < -0.4 is 10.1 Å². The molecule has 2 heterocycles. The second kappa shape index (κ2) is 4.03. The Balaban J connectivity index is 2.22. The second-order valence-electron chi connectivity index (χ2n) is 4.45. The van der Waals surface area contributed by atoms with Crippen molar-refractivity contribution in [2.45, 2.75) is 12.5 Å². The average Bonchev–Trinajstić information content (AvgIpc) is 2.75. The Morgan fingerprint density at radius 3 is 3.06 bits per heavy atom. The molecule has 3 N–H and O–H groups in total. The zero-order valence-corrected chi connectivity index (χ0v) is 9.99. The van der Waals surface area contributed by atoms with E-state index in [-0.39, 0.29) is 0 Å². The Kier molecular flexibility index (Phi) is 2.48. The van der Waals surface area contributed by atoms with E-state index in [4.69, 9.17) is 4.74 Å². The Morgan fingerprint density at radius 1 is 1.50 bits per heavy atom. The van der Waals surface area contributed by atoms with Crippen LogP contribution >= 0.6 is 0 Å². The van der Waals surface area contributed by atoms with Crippen LogP contribution in [0.1, 0.15) is 17.2 Å². The first-order valence-electron chi connectivity index (χ1n) is 5.82. The molecular formula is C13H14N2O3. The highest BCUT2D eigenvalue weighted by Crippen LogP contribution is 2.33. The summed E-state index contributed by atoms with van der Waals surface area (Å²) in [4.78, 5) is 14.6. The average molecular weight is 246 g/mol. The standard InChI is InChI=1S/C13H14N2O3/c1-18-7-2-3-8-10(4-7)15-11-6-14-5-9(12(8)11)13(16)17/h2-4,9,14-15H,5-6H2,1H3,(H,16,17). The Morgan fingerprint density at radius 2 is 2.33 bits per heavy atom. The van der Waals surface area contributed by atoms with Crippen molar-refractivity contribution in [1.29, 1.82) is 0 Å². The lowest BCUT2D eigenvalue weighted by Crippen LogP contribution is -2.32. The summed E-state index contributed by atoms with van der Waals surface area (Å²) in [5.74, 6) is -0.517. The van der Waals surface area contributed by atoms with Crippen LogP contribution in [0.3, 0.4) is 0 Å². The first kappa shape index (κ1) is 11.1. The summed E-state index contributed by atoms with van der Waals surface area (Å²) in [5, 5.41) is 13.4. The van der Waals surface area contributed by atoms with Gasteiger partial charge in [-0.15, -0.1) is 0 Å². The number of methoxy groups -OCH3 is 1. The molecule has 0 fully saturated rings. The topological polar surface area (TPSA) is 74.3 Å². The highest BCUT2D eigenvalue weighted by atomic mass is 16.5. The van der Waals surface area contributed by atoms with E-state index >= 15 is 0 Å². The zero-order chi connectivity index (χ0) is 12.7. The smallest absolute Gasteiger partial charge is 0.312 e. The van der Waals surface area contributed by atoms with Crippen LogP contribution in [-0.2, 0) is 11.3 Å². The molecular weight excluding hydrogens is 232 g/mol. The Bertz CT molecular complexity index is 618. The number of carboxylic acids is 1. The van der Waals surface area contributed by atoms with E-state index in [0.29, 0.717) is 13.1 Å². The molecule has 18 heavy (non-hydrogen) atoms. The maximum atomic E-state index is 11.3. The predicted octanol–water partition coefficient (Wildman–Crippen LogP) is 1.45. The summed E-state index contributed by atoms with van der Waals surface area (Å²) in [5.41, 5.74) is 2.78. The van der Waals surface area contributed by atoms with E-state index in [1.165, 1.54) is 0 Å². The minimum atomic E-state index is -0.792. The van der Waals surface area contributed by atoms with Crippen molar-refractivity contribution in [3.05, 3.63) is 29.5 Å². The van der Waals surface area contributed by atoms with Crippen LogP contribution in [0.15, 0.2) is 18.2 Å². The quantitative estimate of drug-likeness (QED) is 0.749. The summed E-state index contributed by atoms with van der Waals surface area (Å²) in [6.07, 6.45) is 0. The lowest BCUT2D eigenvalue weighted by molar-refractivity contribution is -0.138. The fraction of sp³-hybridized carbons (Fsp3) is 0.308. The summed E-state index contributed by atoms with van der Waals surface area (Å²) in [6.45, 7) is 1.15. The maximum absolute atomic E-state index is 11.3. The van der Waals surface area contributed by atoms with E-state index in [9.17, 15) is 9.90 Å². The van der Waals surface area contributed by atoms with E-state index in [1.807, 2.05) is 18.2 Å². The lowest BCUT2D eigenvalue weighted by Gasteiger charge is -2.20. The van der Waals surface area contributed by atoms with E-state index in [0.717, 1.165) is 27.9 Å². The van der Waals surface area contributed by atoms with Crippen LogP contribution in [0.5, 0.6) is 5.75 Å². The van der Waals surface area contributed by atoms with Gasteiger partial charge in [-0.2, -0.15) is 0 Å². The second-order valence-corrected chi connectivity index (χ2v) is 4.45. The van der Waals surface area contributed by atoms with Gasteiger partial charge in [0.2, 0.25) is 0 Å². The van der Waals surface area contributed by atoms with Crippen molar-refractivity contribution in [1.82, 2.24) is 10.3 Å². The van der Waals surface area contributed by atoms with Crippen molar-refractivity contribution in [3.63, 3.8) is 0 Å². The molecule has 1 aliphatic heterocycles. The summed E-state index contributed by atoms with van der Waals surface area (Å²) < 4.78 is 5.18. The SMILES string of the molecule is COc1ccc2c3c([nH]c2c1)CNCC3C(=O)O. The van der Waals surface area contributed by atoms with Gasteiger partial charge < -0.3 is 20.1 Å². The van der Waals surface area contributed by atoms with Gasteiger partial charge in [-0.05, 0) is 17.7 Å². The fourth-order valence-electron chi connectivity index (χ4n) is 2.57. The minimum Gasteiger partial charge on any atom is -0.497 e. The lowest BCUT2D eigenvalue weighted by atomic mass is 9.93. The van der Waals surface area contributed by atoms with Crippen LogP contribution in [-0.4, -0.2) is 29.7 Å². The van der Waals surface area contributed by atoms with Crippen molar-refractivity contribution in [2.24, 2.45) is 0 Å². The molecule has 0 spiro atoms. The molecule has 1 aromatic carbocycles. The first-order valence-corrected chi connectivity index (χ1v) is 5.82. The number of aromatic nitrogens is 1. The maximum Gasteiger partial charge on any atom is 0.312 e. The van der Waals surface area contributed by atoms with Crippen molar-refractivity contribution < 1.29 is 14.6 Å². The summed E-state index contributed by atoms with van der Waals surface area (Å²) in [7, 11) is 1.62. The number of H-pyrrole nitrogens is 1. The van der Waals surface area contributed by atoms with Crippen LogP contribution in [0, 0.1) is 0 Å². The van der Waals surface area contributed by atoms with Gasteiger partial charge in [-0.3, -0.25) is 4.79 Å². The van der Waals surface area contributed by atoms with Crippen molar-refractivity contribution in [3.8, 4) is 5.75 Å². The number of carboxylic acid groups (broad SMARTS) is 1.